The van der Waals surface area contributed by atoms with E-state index in [1.165, 1.54) is 38.5 Å². The molecule has 0 saturated heterocycles. The Hall–Kier alpha value is -0.0800. The van der Waals surface area contributed by atoms with Crippen LogP contribution >= 0.6 is 0 Å². The van der Waals surface area contributed by atoms with Crippen molar-refractivity contribution in [3.63, 3.8) is 0 Å². The molecular weight excluding hydrogens is 234 g/mol. The average Bonchev–Trinajstić information content (AvgIpc) is 2.84. The smallest absolute Gasteiger partial charge is 0.0580 e. The molecule has 3 unspecified atom stereocenters. The van der Waals surface area contributed by atoms with Crippen molar-refractivity contribution in [3.8, 4) is 0 Å². The van der Waals surface area contributed by atoms with Gasteiger partial charge in [-0.05, 0) is 56.4 Å². The first-order chi connectivity index (χ1) is 8.88. The van der Waals surface area contributed by atoms with Crippen LogP contribution in [0.2, 0.25) is 0 Å². The lowest BCUT2D eigenvalue weighted by atomic mass is 9.68. The van der Waals surface area contributed by atoms with Crippen molar-refractivity contribution in [2.75, 3.05) is 13.6 Å². The average molecular weight is 267 g/mol. The van der Waals surface area contributed by atoms with E-state index in [2.05, 4.69) is 32.7 Å². The molecule has 0 aromatic carbocycles. The summed E-state index contributed by atoms with van der Waals surface area (Å²) in [5, 5.41) is 10.3. The van der Waals surface area contributed by atoms with Crippen molar-refractivity contribution in [1.82, 2.24) is 4.90 Å². The summed E-state index contributed by atoms with van der Waals surface area (Å²) in [6, 6.07) is 0.780. The first kappa shape index (κ1) is 15.3. The molecule has 3 atom stereocenters. The second kappa shape index (κ2) is 6.13. The molecule has 19 heavy (non-hydrogen) atoms. The highest BCUT2D eigenvalue weighted by atomic mass is 16.3. The van der Waals surface area contributed by atoms with Gasteiger partial charge in [0, 0.05) is 12.6 Å². The van der Waals surface area contributed by atoms with Gasteiger partial charge >= 0.3 is 0 Å². The Kier molecular flexibility index (Phi) is 4.94. The Labute approximate surface area is 119 Å². The molecule has 1 N–H and O–H groups in total. The van der Waals surface area contributed by atoms with Gasteiger partial charge in [0.05, 0.1) is 6.10 Å². The number of hydrogen-bond donors (Lipinski definition) is 1. The summed E-state index contributed by atoms with van der Waals surface area (Å²) in [7, 11) is 2.27. The van der Waals surface area contributed by atoms with Crippen LogP contribution in [0.15, 0.2) is 0 Å². The molecule has 0 aromatic rings. The van der Waals surface area contributed by atoms with Crippen LogP contribution in [0.5, 0.6) is 0 Å². The summed E-state index contributed by atoms with van der Waals surface area (Å²) in [6.07, 6.45) is 8.87. The largest absolute Gasteiger partial charge is 0.393 e. The van der Waals surface area contributed by atoms with Crippen LogP contribution in [0.4, 0.5) is 0 Å². The van der Waals surface area contributed by atoms with E-state index < -0.39 is 0 Å². The van der Waals surface area contributed by atoms with Crippen LogP contribution in [0.3, 0.4) is 0 Å². The molecule has 2 heteroatoms. The number of nitrogens with zero attached hydrogens (tertiary/aromatic N) is 1. The van der Waals surface area contributed by atoms with E-state index in [0.717, 1.165) is 24.9 Å². The first-order valence-electron chi connectivity index (χ1n) is 8.26. The molecule has 0 radical (unpaired) electrons. The van der Waals surface area contributed by atoms with Gasteiger partial charge in [-0.2, -0.15) is 0 Å². The van der Waals surface area contributed by atoms with E-state index in [1.54, 1.807) is 0 Å². The molecule has 0 aromatic heterocycles. The SMILES string of the molecule is CN(CC1CC(C(C)(C)C)CCC1O)C1CCCC1. The Bertz CT molecular complexity index is 277. The van der Waals surface area contributed by atoms with Crippen LogP contribution in [0.25, 0.3) is 0 Å². The van der Waals surface area contributed by atoms with Gasteiger partial charge in [-0.25, -0.2) is 0 Å². The highest BCUT2D eigenvalue weighted by molar-refractivity contribution is 4.88. The molecule has 0 spiro atoms. The molecule has 2 fully saturated rings. The van der Waals surface area contributed by atoms with Gasteiger partial charge in [-0.15, -0.1) is 0 Å². The van der Waals surface area contributed by atoms with Crippen molar-refractivity contribution >= 4 is 0 Å². The summed E-state index contributed by atoms with van der Waals surface area (Å²) in [4.78, 5) is 2.53. The van der Waals surface area contributed by atoms with Crippen molar-refractivity contribution < 1.29 is 5.11 Å². The van der Waals surface area contributed by atoms with Crippen molar-refractivity contribution in [2.45, 2.75) is 77.9 Å². The number of hydrogen-bond acceptors (Lipinski definition) is 2. The minimum atomic E-state index is -0.0672. The highest BCUT2D eigenvalue weighted by Gasteiger charge is 2.36. The maximum absolute atomic E-state index is 10.3. The minimum absolute atomic E-state index is 0.0672. The van der Waals surface area contributed by atoms with Gasteiger partial charge in [0.1, 0.15) is 0 Å². The second-order valence-corrected chi connectivity index (χ2v) is 8.08. The zero-order valence-corrected chi connectivity index (χ0v) is 13.4. The summed E-state index contributed by atoms with van der Waals surface area (Å²) in [5.41, 5.74) is 0.393. The minimum Gasteiger partial charge on any atom is -0.393 e. The monoisotopic (exact) mass is 267 g/mol. The summed E-state index contributed by atoms with van der Waals surface area (Å²) < 4.78 is 0. The van der Waals surface area contributed by atoms with E-state index in [9.17, 15) is 5.11 Å². The molecule has 0 bridgehead atoms. The Morgan fingerprint density at radius 2 is 1.68 bits per heavy atom. The molecule has 112 valence electrons. The lowest BCUT2D eigenvalue weighted by Crippen LogP contribution is -2.42. The molecule has 2 saturated carbocycles. The summed E-state index contributed by atoms with van der Waals surface area (Å²) >= 11 is 0. The van der Waals surface area contributed by atoms with Crippen LogP contribution < -0.4 is 0 Å². The van der Waals surface area contributed by atoms with Crippen LogP contribution in [-0.2, 0) is 0 Å². The Morgan fingerprint density at radius 1 is 1.05 bits per heavy atom. The third-order valence-electron chi connectivity index (χ3n) is 5.64. The van der Waals surface area contributed by atoms with Crippen molar-refractivity contribution in [1.29, 1.82) is 0 Å². The van der Waals surface area contributed by atoms with Gasteiger partial charge < -0.3 is 10.0 Å². The highest BCUT2D eigenvalue weighted by Crippen LogP contribution is 2.40. The van der Waals surface area contributed by atoms with Gasteiger partial charge in [0.15, 0.2) is 0 Å². The molecule has 2 aliphatic rings. The second-order valence-electron chi connectivity index (χ2n) is 8.08. The topological polar surface area (TPSA) is 23.5 Å². The summed E-state index contributed by atoms with van der Waals surface area (Å²) in [6.45, 7) is 8.16. The lowest BCUT2D eigenvalue weighted by molar-refractivity contribution is 0.00163. The van der Waals surface area contributed by atoms with Crippen molar-refractivity contribution in [2.24, 2.45) is 17.3 Å². The molecule has 0 heterocycles. The van der Waals surface area contributed by atoms with Crippen LogP contribution in [-0.4, -0.2) is 35.7 Å². The molecule has 0 amide bonds. The van der Waals surface area contributed by atoms with Gasteiger partial charge in [0.2, 0.25) is 0 Å². The Morgan fingerprint density at radius 3 is 2.26 bits per heavy atom. The fourth-order valence-electron chi connectivity index (χ4n) is 4.09. The van der Waals surface area contributed by atoms with E-state index in [4.69, 9.17) is 0 Å². The standard InChI is InChI=1S/C17H33NO/c1-17(2,3)14-9-10-16(19)13(11-14)12-18(4)15-7-5-6-8-15/h13-16,19H,5-12H2,1-4H3. The Balaban J connectivity index is 1.89. The summed E-state index contributed by atoms with van der Waals surface area (Å²) in [5.74, 6) is 1.27. The molecule has 0 aliphatic heterocycles. The predicted octanol–water partition coefficient (Wildman–Crippen LogP) is 3.68. The zero-order valence-electron chi connectivity index (χ0n) is 13.4. The zero-order chi connectivity index (χ0) is 14.0. The fourth-order valence-corrected chi connectivity index (χ4v) is 4.09. The van der Waals surface area contributed by atoms with Crippen LogP contribution in [0.1, 0.15) is 65.7 Å². The van der Waals surface area contributed by atoms with Gasteiger partial charge in [-0.3, -0.25) is 0 Å². The van der Waals surface area contributed by atoms with E-state index >= 15 is 0 Å². The maximum Gasteiger partial charge on any atom is 0.0580 e. The predicted molar refractivity (Wildman–Crippen MR) is 81.2 cm³/mol. The lowest BCUT2D eigenvalue weighted by Gasteiger charge is -2.42. The van der Waals surface area contributed by atoms with Gasteiger partial charge in [0.25, 0.3) is 0 Å². The maximum atomic E-state index is 10.3. The third kappa shape index (κ3) is 3.95. The number of aliphatic hydroxyl groups is 1. The number of aliphatic hydroxyl groups excluding tert-OH is 1. The fraction of sp³-hybridized carbons (Fsp3) is 1.00. The van der Waals surface area contributed by atoms with E-state index in [0.29, 0.717) is 11.3 Å². The molecular formula is C17H33NO. The third-order valence-corrected chi connectivity index (χ3v) is 5.64. The first-order valence-corrected chi connectivity index (χ1v) is 8.26. The normalized spacial score (nSPS) is 34.1. The van der Waals surface area contributed by atoms with E-state index in [1.807, 2.05) is 0 Å². The molecule has 2 aliphatic carbocycles. The van der Waals surface area contributed by atoms with Crippen LogP contribution in [0, 0.1) is 17.3 Å². The van der Waals surface area contributed by atoms with Gasteiger partial charge in [-0.1, -0.05) is 33.6 Å². The number of rotatable bonds is 3. The van der Waals surface area contributed by atoms with Crippen molar-refractivity contribution in [3.05, 3.63) is 0 Å². The molecule has 2 rings (SSSR count). The quantitative estimate of drug-likeness (QED) is 0.843. The molecule has 2 nitrogen and oxygen atoms in total. The van der Waals surface area contributed by atoms with E-state index in [-0.39, 0.29) is 6.10 Å².